The van der Waals surface area contributed by atoms with E-state index in [2.05, 4.69) is 4.90 Å². The summed E-state index contributed by atoms with van der Waals surface area (Å²) in [4.78, 5) is 16.0. The van der Waals surface area contributed by atoms with Crippen molar-refractivity contribution in [3.05, 3.63) is 0 Å². The Kier molecular flexibility index (Phi) is 6.47. The Morgan fingerprint density at radius 2 is 2.00 bits per heavy atom. The molecule has 0 bridgehead atoms. The van der Waals surface area contributed by atoms with Gasteiger partial charge in [-0.15, -0.1) is 0 Å². The Bertz CT molecular complexity index is 226. The molecule has 1 unspecified atom stereocenters. The van der Waals surface area contributed by atoms with Crippen molar-refractivity contribution in [2.75, 3.05) is 45.9 Å². The Labute approximate surface area is 104 Å². The smallest absolute Gasteiger partial charge is 0.224 e. The van der Waals surface area contributed by atoms with E-state index in [-0.39, 0.29) is 11.9 Å². The molecule has 1 fully saturated rings. The van der Waals surface area contributed by atoms with Gasteiger partial charge in [0.25, 0.3) is 0 Å². The lowest BCUT2D eigenvalue weighted by atomic mass is 10.2. The van der Waals surface area contributed by atoms with Gasteiger partial charge in [-0.3, -0.25) is 9.69 Å². The Hall–Kier alpha value is -0.650. The summed E-state index contributed by atoms with van der Waals surface area (Å²) >= 11 is 0. The van der Waals surface area contributed by atoms with Crippen molar-refractivity contribution >= 4 is 5.91 Å². The van der Waals surface area contributed by atoms with Crippen LogP contribution in [0, 0.1) is 0 Å². The fraction of sp³-hybridized carbons (Fsp3) is 0.917. The minimum Gasteiger partial charge on any atom is -0.380 e. The Morgan fingerprint density at radius 3 is 2.53 bits per heavy atom. The summed E-state index contributed by atoms with van der Waals surface area (Å²) in [6.45, 7) is 9.91. The van der Waals surface area contributed by atoms with Gasteiger partial charge >= 0.3 is 0 Å². The van der Waals surface area contributed by atoms with Crippen LogP contribution in [0.5, 0.6) is 0 Å². The van der Waals surface area contributed by atoms with Crippen LogP contribution >= 0.6 is 0 Å². The van der Waals surface area contributed by atoms with E-state index in [1.54, 1.807) is 0 Å². The average Bonchev–Trinajstić information content (AvgIpc) is 2.29. The maximum atomic E-state index is 11.8. The molecule has 1 atom stereocenters. The predicted molar refractivity (Wildman–Crippen MR) is 67.8 cm³/mol. The third-order valence-corrected chi connectivity index (χ3v) is 2.98. The van der Waals surface area contributed by atoms with Gasteiger partial charge in [-0.25, -0.2) is 0 Å². The van der Waals surface area contributed by atoms with Crippen LogP contribution in [0.2, 0.25) is 0 Å². The number of hydrogen-bond acceptors (Lipinski definition) is 4. The molecule has 17 heavy (non-hydrogen) atoms. The van der Waals surface area contributed by atoms with E-state index >= 15 is 0 Å². The van der Waals surface area contributed by atoms with E-state index in [1.165, 1.54) is 0 Å². The molecule has 0 aromatic carbocycles. The molecule has 5 nitrogen and oxygen atoms in total. The molecular formula is C12H25N3O2. The van der Waals surface area contributed by atoms with Crippen molar-refractivity contribution in [2.24, 2.45) is 5.73 Å². The van der Waals surface area contributed by atoms with E-state index < -0.39 is 0 Å². The van der Waals surface area contributed by atoms with Crippen molar-refractivity contribution in [1.29, 1.82) is 0 Å². The van der Waals surface area contributed by atoms with Crippen molar-refractivity contribution in [3.63, 3.8) is 0 Å². The fourth-order valence-corrected chi connectivity index (χ4v) is 1.96. The first-order valence-corrected chi connectivity index (χ1v) is 6.47. The molecule has 0 aromatic heterocycles. The van der Waals surface area contributed by atoms with Crippen LogP contribution in [0.4, 0.5) is 0 Å². The lowest BCUT2D eigenvalue weighted by Gasteiger charge is -2.35. The molecule has 5 heteroatoms. The summed E-state index contributed by atoms with van der Waals surface area (Å²) in [5, 5.41) is 0. The van der Waals surface area contributed by atoms with E-state index in [0.717, 1.165) is 45.9 Å². The molecule has 0 aromatic rings. The molecule has 1 heterocycles. The van der Waals surface area contributed by atoms with Crippen molar-refractivity contribution in [2.45, 2.75) is 26.3 Å². The molecule has 2 N–H and O–H groups in total. The largest absolute Gasteiger partial charge is 0.380 e. The van der Waals surface area contributed by atoms with Crippen LogP contribution in [0.25, 0.3) is 0 Å². The van der Waals surface area contributed by atoms with Gasteiger partial charge in [0.15, 0.2) is 0 Å². The monoisotopic (exact) mass is 243 g/mol. The second-order valence-corrected chi connectivity index (χ2v) is 4.60. The number of carbonyl (C=O) groups excluding carboxylic acids is 1. The molecule has 0 saturated carbocycles. The van der Waals surface area contributed by atoms with Crippen LogP contribution in [0.3, 0.4) is 0 Å². The Morgan fingerprint density at radius 1 is 1.35 bits per heavy atom. The second-order valence-electron chi connectivity index (χ2n) is 4.60. The molecule has 0 radical (unpaired) electrons. The van der Waals surface area contributed by atoms with E-state index in [1.807, 2.05) is 18.7 Å². The number of amides is 1. The highest BCUT2D eigenvalue weighted by atomic mass is 16.5. The van der Waals surface area contributed by atoms with Gasteiger partial charge < -0.3 is 15.4 Å². The maximum absolute atomic E-state index is 11.8. The minimum absolute atomic E-state index is 0.0431. The first-order chi connectivity index (χ1) is 8.13. The van der Waals surface area contributed by atoms with Gasteiger partial charge in [0.2, 0.25) is 5.91 Å². The SMILES string of the molecule is CCOCCN1CCN(C(=O)CC(C)N)CC1. The number of ether oxygens (including phenoxy) is 1. The zero-order valence-corrected chi connectivity index (χ0v) is 11.0. The normalized spacial score (nSPS) is 19.4. The van der Waals surface area contributed by atoms with Gasteiger partial charge in [-0.05, 0) is 13.8 Å². The van der Waals surface area contributed by atoms with Crippen LogP contribution in [-0.2, 0) is 9.53 Å². The lowest BCUT2D eigenvalue weighted by Crippen LogP contribution is -2.50. The highest BCUT2D eigenvalue weighted by Crippen LogP contribution is 2.04. The summed E-state index contributed by atoms with van der Waals surface area (Å²) in [7, 11) is 0. The molecule has 1 saturated heterocycles. The zero-order valence-electron chi connectivity index (χ0n) is 11.0. The topological polar surface area (TPSA) is 58.8 Å². The van der Waals surface area contributed by atoms with Crippen molar-refractivity contribution in [3.8, 4) is 0 Å². The zero-order chi connectivity index (χ0) is 12.7. The van der Waals surface area contributed by atoms with E-state index in [9.17, 15) is 4.79 Å². The number of hydrogen-bond donors (Lipinski definition) is 1. The minimum atomic E-state index is -0.0431. The van der Waals surface area contributed by atoms with Gasteiger partial charge in [-0.2, -0.15) is 0 Å². The van der Waals surface area contributed by atoms with Crippen LogP contribution in [0.1, 0.15) is 20.3 Å². The quantitative estimate of drug-likeness (QED) is 0.662. The molecule has 100 valence electrons. The molecule has 1 aliphatic heterocycles. The summed E-state index contributed by atoms with van der Waals surface area (Å²) in [6, 6.07) is -0.0431. The molecular weight excluding hydrogens is 218 g/mol. The Balaban J connectivity index is 2.18. The highest BCUT2D eigenvalue weighted by Gasteiger charge is 2.21. The van der Waals surface area contributed by atoms with Crippen LogP contribution in [0.15, 0.2) is 0 Å². The van der Waals surface area contributed by atoms with Gasteiger partial charge in [0.1, 0.15) is 0 Å². The summed E-state index contributed by atoms with van der Waals surface area (Å²) < 4.78 is 5.32. The fourth-order valence-electron chi connectivity index (χ4n) is 1.96. The molecule has 1 aliphatic rings. The van der Waals surface area contributed by atoms with Gasteiger partial charge in [0, 0.05) is 51.8 Å². The molecule has 1 amide bonds. The molecule has 0 aliphatic carbocycles. The summed E-state index contributed by atoms with van der Waals surface area (Å²) in [6.07, 6.45) is 0.457. The van der Waals surface area contributed by atoms with Crippen LogP contribution in [-0.4, -0.2) is 67.7 Å². The summed E-state index contributed by atoms with van der Waals surface area (Å²) in [5.74, 6) is 0.185. The van der Waals surface area contributed by atoms with Crippen molar-refractivity contribution < 1.29 is 9.53 Å². The maximum Gasteiger partial charge on any atom is 0.224 e. The number of nitrogens with zero attached hydrogens (tertiary/aromatic N) is 2. The standard InChI is InChI=1S/C12H25N3O2/c1-3-17-9-8-14-4-6-15(7-5-14)12(16)10-11(2)13/h11H,3-10,13H2,1-2H3. The van der Waals surface area contributed by atoms with Gasteiger partial charge in [0.05, 0.1) is 6.61 Å². The highest BCUT2D eigenvalue weighted by molar-refractivity contribution is 5.76. The number of carbonyl (C=O) groups is 1. The first-order valence-electron chi connectivity index (χ1n) is 6.47. The number of rotatable bonds is 6. The molecule has 1 rings (SSSR count). The third kappa shape index (κ3) is 5.48. The van der Waals surface area contributed by atoms with Gasteiger partial charge in [-0.1, -0.05) is 0 Å². The van der Waals surface area contributed by atoms with Crippen LogP contribution < -0.4 is 5.73 Å². The molecule has 0 spiro atoms. The van der Waals surface area contributed by atoms with Crippen molar-refractivity contribution in [1.82, 2.24) is 9.80 Å². The average molecular weight is 243 g/mol. The first kappa shape index (κ1) is 14.4. The lowest BCUT2D eigenvalue weighted by molar-refractivity contribution is -0.133. The predicted octanol–water partition coefficient (Wildman–Crippen LogP) is -0.0956. The third-order valence-electron chi connectivity index (χ3n) is 2.98. The van der Waals surface area contributed by atoms with E-state index in [4.69, 9.17) is 10.5 Å². The second kappa shape index (κ2) is 7.63. The summed E-state index contributed by atoms with van der Waals surface area (Å²) in [5.41, 5.74) is 5.63. The number of nitrogens with two attached hydrogens (primary N) is 1. The number of piperazine rings is 1. The van der Waals surface area contributed by atoms with E-state index in [0.29, 0.717) is 6.42 Å².